The molecule has 1 aliphatic carbocycles. The van der Waals surface area contributed by atoms with Crippen LogP contribution in [0.2, 0.25) is 0 Å². The number of carbonyl (C=O) groups is 3. The van der Waals surface area contributed by atoms with E-state index in [1.165, 1.54) is 0 Å². The van der Waals surface area contributed by atoms with Crippen molar-refractivity contribution in [2.45, 2.75) is 44.6 Å². The highest BCUT2D eigenvalue weighted by atomic mass is 16.4. The molecule has 17 heavy (non-hydrogen) atoms. The molecule has 0 saturated heterocycles. The Kier molecular flexibility index (Phi) is 5.45. The van der Waals surface area contributed by atoms with Gasteiger partial charge in [0.2, 0.25) is 11.8 Å². The molecule has 96 valence electrons. The van der Waals surface area contributed by atoms with Gasteiger partial charge in [0.05, 0.1) is 0 Å². The van der Waals surface area contributed by atoms with Gasteiger partial charge in [0, 0.05) is 31.8 Å². The first kappa shape index (κ1) is 13.5. The average Bonchev–Trinajstić information content (AvgIpc) is 3.01. The van der Waals surface area contributed by atoms with Gasteiger partial charge in [-0.2, -0.15) is 0 Å². The van der Waals surface area contributed by atoms with Gasteiger partial charge >= 0.3 is 5.97 Å². The molecule has 6 heteroatoms. The number of amides is 2. The number of hydrogen-bond donors (Lipinski definition) is 3. The van der Waals surface area contributed by atoms with Crippen molar-refractivity contribution in [3.63, 3.8) is 0 Å². The smallest absolute Gasteiger partial charge is 0.303 e. The Morgan fingerprint density at radius 2 is 1.76 bits per heavy atom. The normalized spacial score (nSPS) is 14.1. The number of rotatable bonds is 8. The highest BCUT2D eigenvalue weighted by Crippen LogP contribution is 2.18. The summed E-state index contributed by atoms with van der Waals surface area (Å²) in [6, 6.07) is 0.341. The van der Waals surface area contributed by atoms with Crippen LogP contribution in [-0.4, -0.2) is 35.5 Å². The van der Waals surface area contributed by atoms with Crippen molar-refractivity contribution in [2.24, 2.45) is 0 Å². The van der Waals surface area contributed by atoms with Gasteiger partial charge in [-0.1, -0.05) is 0 Å². The summed E-state index contributed by atoms with van der Waals surface area (Å²) in [4.78, 5) is 32.7. The zero-order valence-electron chi connectivity index (χ0n) is 9.70. The SMILES string of the molecule is O=C(O)CCCC(=O)NCCC(=O)NC1CC1. The molecule has 2 amide bonds. The van der Waals surface area contributed by atoms with E-state index in [1.54, 1.807) is 0 Å². The lowest BCUT2D eigenvalue weighted by Gasteiger charge is -2.05. The fourth-order valence-electron chi connectivity index (χ4n) is 1.33. The molecule has 1 saturated carbocycles. The average molecular weight is 242 g/mol. The van der Waals surface area contributed by atoms with Gasteiger partial charge in [-0.25, -0.2) is 0 Å². The Hall–Kier alpha value is -1.59. The summed E-state index contributed by atoms with van der Waals surface area (Å²) in [5, 5.41) is 13.8. The minimum atomic E-state index is -0.901. The standard InChI is InChI=1S/C11H18N2O4/c14-9(2-1-3-11(16)17)12-7-6-10(15)13-8-4-5-8/h8H,1-7H2,(H,12,14)(H,13,15)(H,16,17). The van der Waals surface area contributed by atoms with E-state index in [0.29, 0.717) is 19.0 Å². The molecule has 0 aromatic rings. The summed E-state index contributed by atoms with van der Waals surface area (Å²) >= 11 is 0. The second kappa shape index (κ2) is 6.88. The van der Waals surface area contributed by atoms with Gasteiger partial charge in [-0.05, 0) is 19.3 Å². The van der Waals surface area contributed by atoms with Crippen molar-refractivity contribution in [3.8, 4) is 0 Å². The van der Waals surface area contributed by atoms with Gasteiger partial charge in [0.15, 0.2) is 0 Å². The summed E-state index contributed by atoms with van der Waals surface area (Å²) in [7, 11) is 0. The fourth-order valence-corrected chi connectivity index (χ4v) is 1.33. The lowest BCUT2D eigenvalue weighted by molar-refractivity contribution is -0.137. The molecule has 6 nitrogen and oxygen atoms in total. The number of nitrogens with one attached hydrogen (secondary N) is 2. The van der Waals surface area contributed by atoms with Crippen LogP contribution >= 0.6 is 0 Å². The first-order valence-corrected chi connectivity index (χ1v) is 5.86. The van der Waals surface area contributed by atoms with Gasteiger partial charge in [-0.3, -0.25) is 14.4 Å². The van der Waals surface area contributed by atoms with E-state index < -0.39 is 5.97 Å². The third kappa shape index (κ3) is 7.32. The fraction of sp³-hybridized carbons (Fsp3) is 0.727. The minimum Gasteiger partial charge on any atom is -0.481 e. The zero-order valence-corrected chi connectivity index (χ0v) is 9.70. The molecule has 0 atom stereocenters. The van der Waals surface area contributed by atoms with Gasteiger partial charge < -0.3 is 15.7 Å². The quantitative estimate of drug-likeness (QED) is 0.559. The molecule has 1 rings (SSSR count). The molecule has 1 aliphatic rings. The van der Waals surface area contributed by atoms with Crippen molar-refractivity contribution in [2.75, 3.05) is 6.54 Å². The topological polar surface area (TPSA) is 95.5 Å². The van der Waals surface area contributed by atoms with Crippen LogP contribution in [0.5, 0.6) is 0 Å². The lowest BCUT2D eigenvalue weighted by Crippen LogP contribution is -2.31. The maximum absolute atomic E-state index is 11.2. The third-order valence-corrected chi connectivity index (χ3v) is 2.41. The van der Waals surface area contributed by atoms with Crippen LogP contribution in [0, 0.1) is 0 Å². The molecular formula is C11H18N2O4. The number of aliphatic carboxylic acids is 1. The van der Waals surface area contributed by atoms with E-state index in [4.69, 9.17) is 5.11 Å². The maximum atomic E-state index is 11.2. The second-order valence-electron chi connectivity index (χ2n) is 4.19. The molecule has 0 heterocycles. The third-order valence-electron chi connectivity index (χ3n) is 2.41. The van der Waals surface area contributed by atoms with E-state index >= 15 is 0 Å². The highest BCUT2D eigenvalue weighted by molar-refractivity contribution is 5.79. The van der Waals surface area contributed by atoms with E-state index in [0.717, 1.165) is 12.8 Å². The summed E-state index contributed by atoms with van der Waals surface area (Å²) < 4.78 is 0. The van der Waals surface area contributed by atoms with E-state index in [1.807, 2.05) is 0 Å². The van der Waals surface area contributed by atoms with E-state index in [9.17, 15) is 14.4 Å². The molecule has 0 spiro atoms. The molecule has 1 fully saturated rings. The summed E-state index contributed by atoms with van der Waals surface area (Å²) in [6.45, 7) is 0.310. The Bertz CT molecular complexity index is 300. The van der Waals surface area contributed by atoms with Gasteiger partial charge in [0.1, 0.15) is 0 Å². The number of hydrogen-bond acceptors (Lipinski definition) is 3. The van der Waals surface area contributed by atoms with Crippen molar-refractivity contribution >= 4 is 17.8 Å². The van der Waals surface area contributed by atoms with Crippen LogP contribution in [-0.2, 0) is 14.4 Å². The number of carboxylic acid groups (broad SMARTS) is 1. The first-order valence-electron chi connectivity index (χ1n) is 5.86. The van der Waals surface area contributed by atoms with Crippen molar-refractivity contribution in [3.05, 3.63) is 0 Å². The Balaban J connectivity index is 1.95. The van der Waals surface area contributed by atoms with Crippen molar-refractivity contribution in [1.29, 1.82) is 0 Å². The molecule has 0 aromatic carbocycles. The Labute approximate surface area is 99.8 Å². The molecule has 0 radical (unpaired) electrons. The summed E-state index contributed by atoms with van der Waals surface area (Å²) in [5.41, 5.74) is 0. The van der Waals surface area contributed by atoms with Crippen LogP contribution in [0.4, 0.5) is 0 Å². The van der Waals surface area contributed by atoms with Crippen LogP contribution in [0.15, 0.2) is 0 Å². The Morgan fingerprint density at radius 1 is 1.06 bits per heavy atom. The van der Waals surface area contributed by atoms with E-state index in [-0.39, 0.29) is 31.1 Å². The van der Waals surface area contributed by atoms with Crippen LogP contribution < -0.4 is 10.6 Å². The van der Waals surface area contributed by atoms with Crippen LogP contribution in [0.25, 0.3) is 0 Å². The monoisotopic (exact) mass is 242 g/mol. The second-order valence-corrected chi connectivity index (χ2v) is 4.19. The van der Waals surface area contributed by atoms with Gasteiger partial charge in [0.25, 0.3) is 0 Å². The summed E-state index contributed by atoms with van der Waals surface area (Å²) in [6.07, 6.45) is 2.89. The van der Waals surface area contributed by atoms with Gasteiger partial charge in [-0.15, -0.1) is 0 Å². The lowest BCUT2D eigenvalue weighted by atomic mass is 10.2. The molecular weight excluding hydrogens is 224 g/mol. The van der Waals surface area contributed by atoms with Crippen LogP contribution in [0.1, 0.15) is 38.5 Å². The highest BCUT2D eigenvalue weighted by Gasteiger charge is 2.22. The predicted octanol–water partition coefficient (Wildman–Crippen LogP) is 0.0262. The zero-order chi connectivity index (χ0) is 12.7. The molecule has 3 N–H and O–H groups in total. The molecule has 0 bridgehead atoms. The molecule has 0 aromatic heterocycles. The minimum absolute atomic E-state index is 0.00438. The van der Waals surface area contributed by atoms with Crippen molar-refractivity contribution < 1.29 is 19.5 Å². The number of carbonyl (C=O) groups excluding carboxylic acids is 2. The van der Waals surface area contributed by atoms with E-state index in [2.05, 4.69) is 10.6 Å². The van der Waals surface area contributed by atoms with Crippen molar-refractivity contribution in [1.82, 2.24) is 10.6 Å². The Morgan fingerprint density at radius 3 is 2.35 bits per heavy atom. The maximum Gasteiger partial charge on any atom is 0.303 e. The number of carboxylic acids is 1. The first-order chi connectivity index (χ1) is 8.08. The molecule has 0 aliphatic heterocycles. The van der Waals surface area contributed by atoms with Crippen LogP contribution in [0.3, 0.4) is 0 Å². The predicted molar refractivity (Wildman–Crippen MR) is 60.3 cm³/mol. The largest absolute Gasteiger partial charge is 0.481 e. The summed E-state index contributed by atoms with van der Waals surface area (Å²) in [5.74, 6) is -1.15. The molecule has 0 unspecified atom stereocenters.